The van der Waals surface area contributed by atoms with E-state index in [0.29, 0.717) is 16.7 Å². The minimum absolute atomic E-state index is 0.0966. The third-order valence-corrected chi connectivity index (χ3v) is 2.95. The molecule has 0 aliphatic carbocycles. The Morgan fingerprint density at radius 3 is 2.88 bits per heavy atom. The maximum Gasteiger partial charge on any atom is 0.260 e. The molecule has 0 saturated carbocycles. The summed E-state index contributed by atoms with van der Waals surface area (Å²) in [5.74, 6) is 0.691. The van der Waals surface area contributed by atoms with E-state index in [2.05, 4.69) is 4.98 Å². The maximum absolute atomic E-state index is 6.03. The molecule has 2 N–H and O–H groups in total. The normalized spacial score (nSPS) is 10.8. The van der Waals surface area contributed by atoms with E-state index in [1.807, 2.05) is 32.0 Å². The molecule has 0 aliphatic heterocycles. The van der Waals surface area contributed by atoms with Crippen molar-refractivity contribution in [2.75, 3.05) is 5.73 Å². The van der Waals surface area contributed by atoms with Gasteiger partial charge < -0.3 is 14.9 Å². The molecular formula is C12H14N2O2S. The summed E-state index contributed by atoms with van der Waals surface area (Å²) in [6.45, 7) is 3.93. The Kier molecular flexibility index (Phi) is 3.58. The topological polar surface area (TPSA) is 61.3 Å². The number of para-hydroxylation sites is 1. The Morgan fingerprint density at radius 1 is 1.41 bits per heavy atom. The van der Waals surface area contributed by atoms with Crippen LogP contribution >= 0.6 is 11.8 Å². The second kappa shape index (κ2) is 5.14. The van der Waals surface area contributed by atoms with E-state index < -0.39 is 0 Å². The minimum Gasteiger partial charge on any atom is -0.489 e. The lowest BCUT2D eigenvalue weighted by atomic mass is 10.3. The molecule has 0 aliphatic rings. The Hall–Kier alpha value is -1.62. The van der Waals surface area contributed by atoms with Crippen molar-refractivity contribution in [1.29, 1.82) is 0 Å². The van der Waals surface area contributed by atoms with Gasteiger partial charge in [-0.1, -0.05) is 6.07 Å². The van der Waals surface area contributed by atoms with Crippen molar-refractivity contribution in [2.45, 2.75) is 30.1 Å². The molecule has 0 fully saturated rings. The van der Waals surface area contributed by atoms with Crippen molar-refractivity contribution in [2.24, 2.45) is 0 Å². The Bertz CT molecular complexity index is 483. The first kappa shape index (κ1) is 11.9. The van der Waals surface area contributed by atoms with Crippen molar-refractivity contribution in [3.05, 3.63) is 30.7 Å². The van der Waals surface area contributed by atoms with Crippen LogP contribution in [0, 0.1) is 0 Å². The molecule has 0 saturated heterocycles. The molecule has 90 valence electrons. The molecule has 4 nitrogen and oxygen atoms in total. The van der Waals surface area contributed by atoms with Gasteiger partial charge in [-0.25, -0.2) is 4.98 Å². The molecule has 2 rings (SSSR count). The van der Waals surface area contributed by atoms with Crippen LogP contribution in [0.3, 0.4) is 0 Å². The minimum atomic E-state index is 0.0966. The van der Waals surface area contributed by atoms with Crippen molar-refractivity contribution in [3.8, 4) is 5.75 Å². The van der Waals surface area contributed by atoms with Crippen LogP contribution in [0.2, 0.25) is 0 Å². The number of benzene rings is 1. The number of nitrogens with zero attached hydrogens (tertiary/aromatic N) is 1. The zero-order valence-electron chi connectivity index (χ0n) is 9.71. The van der Waals surface area contributed by atoms with Gasteiger partial charge in [0.05, 0.1) is 18.0 Å². The third-order valence-electron chi connectivity index (χ3n) is 2.00. The summed E-state index contributed by atoms with van der Waals surface area (Å²) >= 11 is 1.38. The molecular weight excluding hydrogens is 236 g/mol. The molecule has 0 radical (unpaired) electrons. The number of aromatic nitrogens is 1. The van der Waals surface area contributed by atoms with Gasteiger partial charge in [-0.15, -0.1) is 0 Å². The van der Waals surface area contributed by atoms with Gasteiger partial charge in [0.15, 0.2) is 0 Å². The van der Waals surface area contributed by atoms with Gasteiger partial charge in [-0.05, 0) is 37.7 Å². The molecule has 1 aromatic carbocycles. The van der Waals surface area contributed by atoms with Gasteiger partial charge in [0.1, 0.15) is 12.0 Å². The van der Waals surface area contributed by atoms with Gasteiger partial charge in [0, 0.05) is 4.90 Å². The van der Waals surface area contributed by atoms with Crippen molar-refractivity contribution >= 4 is 17.4 Å². The van der Waals surface area contributed by atoms with Gasteiger partial charge in [0.25, 0.3) is 5.22 Å². The van der Waals surface area contributed by atoms with Crippen LogP contribution in [0.25, 0.3) is 0 Å². The number of hydrogen-bond donors (Lipinski definition) is 1. The lowest BCUT2D eigenvalue weighted by molar-refractivity contribution is 0.243. The van der Waals surface area contributed by atoms with Crippen molar-refractivity contribution < 1.29 is 9.15 Å². The van der Waals surface area contributed by atoms with Crippen LogP contribution in [0.5, 0.6) is 5.75 Å². The third kappa shape index (κ3) is 2.94. The SMILES string of the molecule is CC(C)Oc1cccc(Sc2ncco2)c1N. The van der Waals surface area contributed by atoms with Crippen LogP contribution in [0.15, 0.2) is 45.2 Å². The highest BCUT2D eigenvalue weighted by Gasteiger charge is 2.10. The second-order valence-electron chi connectivity index (χ2n) is 3.73. The van der Waals surface area contributed by atoms with E-state index >= 15 is 0 Å². The van der Waals surface area contributed by atoms with Crippen LogP contribution in [0.4, 0.5) is 5.69 Å². The van der Waals surface area contributed by atoms with Crippen molar-refractivity contribution in [3.63, 3.8) is 0 Å². The van der Waals surface area contributed by atoms with Crippen molar-refractivity contribution in [1.82, 2.24) is 4.98 Å². The molecule has 17 heavy (non-hydrogen) atoms. The van der Waals surface area contributed by atoms with Crippen LogP contribution in [0.1, 0.15) is 13.8 Å². The lowest BCUT2D eigenvalue weighted by Crippen LogP contribution is -2.07. The van der Waals surface area contributed by atoms with Gasteiger partial charge >= 0.3 is 0 Å². The first-order chi connectivity index (χ1) is 8.16. The Morgan fingerprint density at radius 2 is 2.24 bits per heavy atom. The zero-order valence-corrected chi connectivity index (χ0v) is 10.5. The largest absolute Gasteiger partial charge is 0.489 e. The predicted molar refractivity (Wildman–Crippen MR) is 67.2 cm³/mol. The Balaban J connectivity index is 2.23. The summed E-state index contributed by atoms with van der Waals surface area (Å²) in [5, 5.41) is 0.568. The second-order valence-corrected chi connectivity index (χ2v) is 4.73. The van der Waals surface area contributed by atoms with Crippen LogP contribution in [-0.2, 0) is 0 Å². The average molecular weight is 250 g/mol. The van der Waals surface area contributed by atoms with E-state index in [1.54, 1.807) is 6.20 Å². The molecule has 5 heteroatoms. The smallest absolute Gasteiger partial charge is 0.260 e. The quantitative estimate of drug-likeness (QED) is 0.844. The van der Waals surface area contributed by atoms with Crippen LogP contribution < -0.4 is 10.5 Å². The molecule has 1 heterocycles. The summed E-state index contributed by atoms with van der Waals surface area (Å²) in [6.07, 6.45) is 3.24. The van der Waals surface area contributed by atoms with Gasteiger partial charge in [-0.2, -0.15) is 0 Å². The average Bonchev–Trinajstić information content (AvgIpc) is 2.76. The van der Waals surface area contributed by atoms with Gasteiger partial charge in [0.2, 0.25) is 0 Å². The molecule has 0 bridgehead atoms. The predicted octanol–water partition coefficient (Wildman–Crippen LogP) is 3.20. The summed E-state index contributed by atoms with van der Waals surface area (Å²) < 4.78 is 10.8. The number of anilines is 1. The molecule has 0 atom stereocenters. The molecule has 0 spiro atoms. The highest BCUT2D eigenvalue weighted by atomic mass is 32.2. The number of hydrogen-bond acceptors (Lipinski definition) is 5. The van der Waals surface area contributed by atoms with E-state index in [-0.39, 0.29) is 6.10 Å². The highest BCUT2D eigenvalue weighted by molar-refractivity contribution is 7.99. The number of oxazole rings is 1. The van der Waals surface area contributed by atoms with E-state index in [1.165, 1.54) is 18.0 Å². The van der Waals surface area contributed by atoms with E-state index in [0.717, 1.165) is 4.90 Å². The summed E-state index contributed by atoms with van der Waals surface area (Å²) in [6, 6.07) is 5.67. The molecule has 2 aromatic rings. The first-order valence-electron chi connectivity index (χ1n) is 5.29. The summed E-state index contributed by atoms with van der Waals surface area (Å²) in [5.41, 5.74) is 6.65. The fourth-order valence-electron chi connectivity index (χ4n) is 1.32. The van der Waals surface area contributed by atoms with E-state index in [4.69, 9.17) is 14.9 Å². The Labute approximate surface area is 104 Å². The number of nitrogen functional groups attached to an aromatic ring is 1. The maximum atomic E-state index is 6.03. The van der Waals surface area contributed by atoms with E-state index in [9.17, 15) is 0 Å². The fraction of sp³-hybridized carbons (Fsp3) is 0.250. The number of ether oxygens (including phenoxy) is 1. The molecule has 0 unspecified atom stereocenters. The standard InChI is InChI=1S/C12H14N2O2S/c1-8(2)16-9-4-3-5-10(11(9)13)17-12-14-6-7-15-12/h3-8H,13H2,1-2H3. The first-order valence-corrected chi connectivity index (χ1v) is 6.11. The van der Waals surface area contributed by atoms with Crippen LogP contribution in [-0.4, -0.2) is 11.1 Å². The molecule has 1 aromatic heterocycles. The summed E-state index contributed by atoms with van der Waals surface area (Å²) in [4.78, 5) is 4.92. The van der Waals surface area contributed by atoms with Gasteiger partial charge in [-0.3, -0.25) is 0 Å². The summed E-state index contributed by atoms with van der Waals surface area (Å²) in [7, 11) is 0. The fourth-order valence-corrected chi connectivity index (χ4v) is 2.09. The monoisotopic (exact) mass is 250 g/mol. The number of nitrogens with two attached hydrogens (primary N) is 1. The zero-order chi connectivity index (χ0) is 12.3. The lowest BCUT2D eigenvalue weighted by Gasteiger charge is -2.13. The molecule has 0 amide bonds. The number of rotatable bonds is 4. The highest BCUT2D eigenvalue weighted by Crippen LogP contribution is 2.36.